The van der Waals surface area contributed by atoms with Crippen LogP contribution in [-0.4, -0.2) is 37.2 Å². The predicted molar refractivity (Wildman–Crippen MR) is 83.9 cm³/mol. The molecule has 114 valence electrons. The van der Waals surface area contributed by atoms with Crippen molar-refractivity contribution in [3.8, 4) is 16.2 Å². The van der Waals surface area contributed by atoms with Crippen molar-refractivity contribution < 1.29 is 14.3 Å². The average molecular weight is 316 g/mol. The number of hydrogen-bond acceptors (Lipinski definition) is 5. The Kier molecular flexibility index (Phi) is 3.57. The SMILES string of the molecule is O=C(NN1CCOCC1)c1cc2c(s1)-c1ccccc1OC2. The number of hydrazine groups is 1. The van der Waals surface area contributed by atoms with Crippen LogP contribution in [-0.2, 0) is 11.3 Å². The molecule has 0 atom stereocenters. The highest BCUT2D eigenvalue weighted by Gasteiger charge is 2.23. The number of hydrogen-bond donors (Lipinski definition) is 1. The van der Waals surface area contributed by atoms with Crippen molar-refractivity contribution in [1.82, 2.24) is 10.4 Å². The third kappa shape index (κ3) is 2.49. The number of carbonyl (C=O) groups excluding carboxylic acids is 1. The molecular weight excluding hydrogens is 300 g/mol. The van der Waals surface area contributed by atoms with E-state index in [2.05, 4.69) is 5.43 Å². The van der Waals surface area contributed by atoms with Crippen molar-refractivity contribution in [2.45, 2.75) is 6.61 Å². The van der Waals surface area contributed by atoms with Gasteiger partial charge in [-0.3, -0.25) is 10.2 Å². The van der Waals surface area contributed by atoms with Crippen molar-refractivity contribution in [1.29, 1.82) is 0 Å². The normalized spacial score (nSPS) is 17.3. The lowest BCUT2D eigenvalue weighted by molar-refractivity contribution is 0.0127. The van der Waals surface area contributed by atoms with E-state index in [0.29, 0.717) is 19.8 Å². The van der Waals surface area contributed by atoms with Crippen LogP contribution in [0.2, 0.25) is 0 Å². The van der Waals surface area contributed by atoms with E-state index < -0.39 is 0 Å². The van der Waals surface area contributed by atoms with E-state index in [9.17, 15) is 4.79 Å². The summed E-state index contributed by atoms with van der Waals surface area (Å²) < 4.78 is 11.0. The summed E-state index contributed by atoms with van der Waals surface area (Å²) in [6, 6.07) is 9.89. The van der Waals surface area contributed by atoms with Gasteiger partial charge in [0.2, 0.25) is 0 Å². The van der Waals surface area contributed by atoms with Crippen LogP contribution in [0.5, 0.6) is 5.75 Å². The highest BCUT2D eigenvalue weighted by Crippen LogP contribution is 2.42. The number of thiophene rings is 1. The Morgan fingerprint density at radius 3 is 2.91 bits per heavy atom. The minimum atomic E-state index is -0.0567. The maximum absolute atomic E-state index is 12.4. The minimum Gasteiger partial charge on any atom is -0.488 e. The molecule has 2 aromatic rings. The van der Waals surface area contributed by atoms with E-state index in [0.717, 1.165) is 39.7 Å². The van der Waals surface area contributed by atoms with E-state index >= 15 is 0 Å². The zero-order valence-electron chi connectivity index (χ0n) is 12.0. The lowest BCUT2D eigenvalue weighted by atomic mass is 10.1. The van der Waals surface area contributed by atoms with Crippen LogP contribution in [0.3, 0.4) is 0 Å². The number of nitrogens with zero attached hydrogens (tertiary/aromatic N) is 1. The molecule has 0 bridgehead atoms. The van der Waals surface area contributed by atoms with Crippen LogP contribution in [0.4, 0.5) is 0 Å². The zero-order valence-corrected chi connectivity index (χ0v) is 12.8. The second-order valence-corrected chi connectivity index (χ2v) is 6.34. The molecule has 0 saturated carbocycles. The molecule has 5 nitrogen and oxygen atoms in total. The Morgan fingerprint density at radius 2 is 2.05 bits per heavy atom. The Morgan fingerprint density at radius 1 is 1.23 bits per heavy atom. The molecule has 1 fully saturated rings. The third-order valence-electron chi connectivity index (χ3n) is 3.82. The van der Waals surface area contributed by atoms with Gasteiger partial charge in [-0.1, -0.05) is 12.1 Å². The van der Waals surface area contributed by atoms with Crippen LogP contribution >= 0.6 is 11.3 Å². The number of fused-ring (bicyclic) bond motifs is 3. The molecular formula is C16H16N2O3S. The van der Waals surface area contributed by atoms with Gasteiger partial charge in [0, 0.05) is 29.1 Å². The molecule has 4 rings (SSSR count). The number of carbonyl (C=O) groups is 1. The standard InChI is InChI=1S/C16H16N2O3S/c19-16(17-18-5-7-20-8-6-18)14-9-11-10-21-13-4-2-1-3-12(13)15(11)22-14/h1-4,9H,5-8,10H2,(H,17,19). The van der Waals surface area contributed by atoms with Gasteiger partial charge < -0.3 is 9.47 Å². The van der Waals surface area contributed by atoms with E-state index in [1.165, 1.54) is 11.3 Å². The van der Waals surface area contributed by atoms with Crippen LogP contribution in [0.15, 0.2) is 30.3 Å². The second kappa shape index (κ2) is 5.72. The highest BCUT2D eigenvalue weighted by molar-refractivity contribution is 7.17. The van der Waals surface area contributed by atoms with Gasteiger partial charge in [0.1, 0.15) is 12.4 Å². The molecule has 1 N–H and O–H groups in total. The van der Waals surface area contributed by atoms with Crippen molar-refractivity contribution in [3.05, 3.63) is 40.8 Å². The molecule has 0 aliphatic carbocycles. The third-order valence-corrected chi connectivity index (χ3v) is 5.03. The smallest absolute Gasteiger partial charge is 0.275 e. The molecule has 1 saturated heterocycles. The summed E-state index contributed by atoms with van der Waals surface area (Å²) in [5.74, 6) is 0.829. The topological polar surface area (TPSA) is 50.8 Å². The van der Waals surface area contributed by atoms with Crippen LogP contribution < -0.4 is 10.2 Å². The van der Waals surface area contributed by atoms with Crippen LogP contribution in [0, 0.1) is 0 Å². The van der Waals surface area contributed by atoms with Crippen LogP contribution in [0.25, 0.3) is 10.4 Å². The zero-order chi connectivity index (χ0) is 14.9. The summed E-state index contributed by atoms with van der Waals surface area (Å²) in [6.45, 7) is 3.28. The number of benzene rings is 1. The summed E-state index contributed by atoms with van der Waals surface area (Å²) in [7, 11) is 0. The lowest BCUT2D eigenvalue weighted by Gasteiger charge is -2.26. The Hall–Kier alpha value is -1.89. The molecule has 6 heteroatoms. The number of morpholine rings is 1. The fourth-order valence-corrected chi connectivity index (χ4v) is 3.77. The van der Waals surface area contributed by atoms with Crippen molar-refractivity contribution in [3.63, 3.8) is 0 Å². The van der Waals surface area contributed by atoms with E-state index in [1.807, 2.05) is 35.3 Å². The van der Waals surface area contributed by atoms with Gasteiger partial charge in [0.15, 0.2) is 0 Å². The molecule has 0 spiro atoms. The first-order chi connectivity index (χ1) is 10.8. The molecule has 0 unspecified atom stereocenters. The van der Waals surface area contributed by atoms with Gasteiger partial charge in [0.05, 0.1) is 18.1 Å². The summed E-state index contributed by atoms with van der Waals surface area (Å²) in [6.07, 6.45) is 0. The van der Waals surface area contributed by atoms with Gasteiger partial charge in [-0.2, -0.15) is 0 Å². The van der Waals surface area contributed by atoms with Gasteiger partial charge in [-0.25, -0.2) is 5.01 Å². The Labute approximate surface area is 132 Å². The number of amides is 1. The number of para-hydroxylation sites is 1. The van der Waals surface area contributed by atoms with E-state index in [4.69, 9.17) is 9.47 Å². The van der Waals surface area contributed by atoms with Crippen LogP contribution in [0.1, 0.15) is 15.2 Å². The maximum atomic E-state index is 12.4. The Balaban J connectivity index is 1.57. The molecule has 2 aliphatic rings. The number of ether oxygens (including phenoxy) is 2. The molecule has 22 heavy (non-hydrogen) atoms. The quantitative estimate of drug-likeness (QED) is 0.923. The Bertz CT molecular complexity index is 707. The first kappa shape index (κ1) is 13.8. The van der Waals surface area contributed by atoms with Gasteiger partial charge in [-0.05, 0) is 18.2 Å². The maximum Gasteiger partial charge on any atom is 0.275 e. The monoisotopic (exact) mass is 316 g/mol. The lowest BCUT2D eigenvalue weighted by Crippen LogP contribution is -2.48. The summed E-state index contributed by atoms with van der Waals surface area (Å²) in [5, 5.41) is 1.91. The van der Waals surface area contributed by atoms with E-state index in [-0.39, 0.29) is 5.91 Å². The number of rotatable bonds is 2. The summed E-state index contributed by atoms with van der Waals surface area (Å²) in [5.41, 5.74) is 5.10. The molecule has 0 radical (unpaired) electrons. The number of nitrogens with one attached hydrogen (secondary N) is 1. The van der Waals surface area contributed by atoms with Gasteiger partial charge in [-0.15, -0.1) is 11.3 Å². The predicted octanol–water partition coefficient (Wildman–Crippen LogP) is 2.28. The van der Waals surface area contributed by atoms with Crippen molar-refractivity contribution >= 4 is 17.2 Å². The van der Waals surface area contributed by atoms with Crippen molar-refractivity contribution in [2.75, 3.05) is 26.3 Å². The fraction of sp³-hybridized carbons (Fsp3) is 0.312. The van der Waals surface area contributed by atoms with Gasteiger partial charge >= 0.3 is 0 Å². The van der Waals surface area contributed by atoms with Gasteiger partial charge in [0.25, 0.3) is 5.91 Å². The average Bonchev–Trinajstić information content (AvgIpc) is 3.00. The highest BCUT2D eigenvalue weighted by atomic mass is 32.1. The molecule has 3 heterocycles. The largest absolute Gasteiger partial charge is 0.488 e. The van der Waals surface area contributed by atoms with E-state index in [1.54, 1.807) is 0 Å². The fourth-order valence-electron chi connectivity index (χ4n) is 2.69. The molecule has 1 amide bonds. The van der Waals surface area contributed by atoms with Crippen molar-refractivity contribution in [2.24, 2.45) is 0 Å². The molecule has 1 aromatic heterocycles. The summed E-state index contributed by atoms with van der Waals surface area (Å²) >= 11 is 1.52. The first-order valence-electron chi connectivity index (χ1n) is 7.30. The first-order valence-corrected chi connectivity index (χ1v) is 8.11. The molecule has 1 aromatic carbocycles. The molecule has 2 aliphatic heterocycles. The second-order valence-electron chi connectivity index (χ2n) is 5.29. The summed E-state index contributed by atoms with van der Waals surface area (Å²) in [4.78, 5) is 14.3. The minimum absolute atomic E-state index is 0.0567.